The molecule has 0 saturated carbocycles. The van der Waals surface area contributed by atoms with Gasteiger partial charge in [0.05, 0.1) is 13.2 Å². The van der Waals surface area contributed by atoms with Crippen molar-refractivity contribution in [3.63, 3.8) is 0 Å². The van der Waals surface area contributed by atoms with Crippen molar-refractivity contribution < 1.29 is 14.6 Å². The monoisotopic (exact) mass is 298 g/mol. The van der Waals surface area contributed by atoms with E-state index < -0.39 is 0 Å². The van der Waals surface area contributed by atoms with Gasteiger partial charge in [0.25, 0.3) is 0 Å². The third kappa shape index (κ3) is 4.18. The van der Waals surface area contributed by atoms with Gasteiger partial charge in [-0.3, -0.25) is 14.6 Å². The lowest BCUT2D eigenvalue weighted by molar-refractivity contribution is -0.150. The molecule has 122 valence electrons. The molecule has 5 heteroatoms. The van der Waals surface area contributed by atoms with Crippen LogP contribution in [-0.4, -0.2) is 71.8 Å². The van der Waals surface area contributed by atoms with Gasteiger partial charge >= 0.3 is 5.97 Å². The average molecular weight is 298 g/mol. The Kier molecular flexibility index (Phi) is 6.45. The Morgan fingerprint density at radius 1 is 1.29 bits per heavy atom. The van der Waals surface area contributed by atoms with Gasteiger partial charge in [-0.05, 0) is 52.1 Å². The van der Waals surface area contributed by atoms with Gasteiger partial charge in [-0.2, -0.15) is 0 Å². The summed E-state index contributed by atoms with van der Waals surface area (Å²) in [6, 6.07) is 0.579. The minimum absolute atomic E-state index is 0.0936. The van der Waals surface area contributed by atoms with Crippen molar-refractivity contribution in [2.75, 3.05) is 32.8 Å². The van der Waals surface area contributed by atoms with E-state index in [9.17, 15) is 9.90 Å². The Labute approximate surface area is 128 Å². The summed E-state index contributed by atoms with van der Waals surface area (Å²) in [6.07, 6.45) is 5.42. The second-order valence-electron chi connectivity index (χ2n) is 6.35. The number of hydrogen-bond acceptors (Lipinski definition) is 5. The molecule has 21 heavy (non-hydrogen) atoms. The molecule has 3 atom stereocenters. The SMILES string of the molecule is CCCOC(=O)C(C)N1CCCC1CN1CCCC1CO. The molecule has 0 aromatic rings. The highest BCUT2D eigenvalue weighted by Crippen LogP contribution is 2.25. The van der Waals surface area contributed by atoms with Crippen LogP contribution in [0.25, 0.3) is 0 Å². The quantitative estimate of drug-likeness (QED) is 0.717. The van der Waals surface area contributed by atoms with E-state index in [-0.39, 0.29) is 18.6 Å². The molecule has 2 aliphatic rings. The number of aliphatic hydroxyl groups is 1. The Hall–Kier alpha value is -0.650. The molecule has 2 saturated heterocycles. The van der Waals surface area contributed by atoms with Crippen LogP contribution in [0.4, 0.5) is 0 Å². The fraction of sp³-hybridized carbons (Fsp3) is 0.938. The molecule has 0 aliphatic carbocycles. The minimum atomic E-state index is -0.153. The molecule has 2 heterocycles. The summed E-state index contributed by atoms with van der Waals surface area (Å²) in [5.41, 5.74) is 0. The molecule has 0 aromatic carbocycles. The van der Waals surface area contributed by atoms with E-state index in [1.54, 1.807) is 0 Å². The smallest absolute Gasteiger partial charge is 0.323 e. The fourth-order valence-corrected chi connectivity index (χ4v) is 3.64. The van der Waals surface area contributed by atoms with Gasteiger partial charge in [-0.1, -0.05) is 6.92 Å². The second-order valence-corrected chi connectivity index (χ2v) is 6.35. The number of likely N-dealkylation sites (tertiary alicyclic amines) is 2. The fourth-order valence-electron chi connectivity index (χ4n) is 3.64. The molecular weight excluding hydrogens is 268 g/mol. The summed E-state index contributed by atoms with van der Waals surface area (Å²) >= 11 is 0. The summed E-state index contributed by atoms with van der Waals surface area (Å²) in [5, 5.41) is 9.44. The molecule has 5 nitrogen and oxygen atoms in total. The van der Waals surface area contributed by atoms with Crippen molar-refractivity contribution in [3.05, 3.63) is 0 Å². The van der Waals surface area contributed by atoms with Gasteiger partial charge in [-0.25, -0.2) is 0 Å². The van der Waals surface area contributed by atoms with Gasteiger partial charge in [0.1, 0.15) is 6.04 Å². The van der Waals surface area contributed by atoms with E-state index in [1.165, 1.54) is 6.42 Å². The number of carbonyl (C=O) groups is 1. The number of ether oxygens (including phenoxy) is 1. The summed E-state index contributed by atoms with van der Waals surface area (Å²) in [7, 11) is 0. The number of nitrogens with zero attached hydrogens (tertiary/aromatic N) is 2. The summed E-state index contributed by atoms with van der Waals surface area (Å²) in [4.78, 5) is 16.8. The maximum atomic E-state index is 12.1. The van der Waals surface area contributed by atoms with E-state index in [4.69, 9.17) is 4.74 Å². The lowest BCUT2D eigenvalue weighted by Crippen LogP contribution is -2.49. The number of esters is 1. The second kappa shape index (κ2) is 8.11. The highest BCUT2D eigenvalue weighted by Gasteiger charge is 2.35. The summed E-state index contributed by atoms with van der Waals surface area (Å²) < 4.78 is 5.29. The van der Waals surface area contributed by atoms with Gasteiger partial charge in [0.2, 0.25) is 0 Å². The number of rotatable bonds is 7. The van der Waals surface area contributed by atoms with E-state index in [0.29, 0.717) is 18.7 Å². The first kappa shape index (κ1) is 16.7. The first-order valence-electron chi connectivity index (χ1n) is 8.44. The Balaban J connectivity index is 1.88. The Morgan fingerprint density at radius 3 is 2.71 bits per heavy atom. The highest BCUT2D eigenvalue weighted by molar-refractivity contribution is 5.75. The van der Waals surface area contributed by atoms with Crippen LogP contribution in [-0.2, 0) is 9.53 Å². The van der Waals surface area contributed by atoms with E-state index in [2.05, 4.69) is 9.80 Å². The van der Waals surface area contributed by atoms with Crippen molar-refractivity contribution >= 4 is 5.97 Å². The zero-order chi connectivity index (χ0) is 15.2. The predicted octanol–water partition coefficient (Wildman–Crippen LogP) is 1.25. The third-order valence-corrected chi connectivity index (χ3v) is 4.86. The minimum Gasteiger partial charge on any atom is -0.465 e. The maximum absolute atomic E-state index is 12.1. The molecule has 0 bridgehead atoms. The normalized spacial score (nSPS) is 28.9. The van der Waals surface area contributed by atoms with Crippen molar-refractivity contribution in [3.8, 4) is 0 Å². The van der Waals surface area contributed by atoms with Gasteiger partial charge in [0.15, 0.2) is 0 Å². The van der Waals surface area contributed by atoms with Crippen LogP contribution in [0.1, 0.15) is 46.0 Å². The average Bonchev–Trinajstić information content (AvgIpc) is 3.13. The lowest BCUT2D eigenvalue weighted by Gasteiger charge is -2.33. The van der Waals surface area contributed by atoms with Crippen molar-refractivity contribution in [1.82, 2.24) is 9.80 Å². The van der Waals surface area contributed by atoms with Crippen molar-refractivity contribution in [2.45, 2.75) is 64.1 Å². The number of hydrogen-bond donors (Lipinski definition) is 1. The predicted molar refractivity (Wildman–Crippen MR) is 82.1 cm³/mol. The van der Waals surface area contributed by atoms with Crippen molar-refractivity contribution in [1.29, 1.82) is 0 Å². The van der Waals surface area contributed by atoms with Gasteiger partial charge in [-0.15, -0.1) is 0 Å². The van der Waals surface area contributed by atoms with Crippen LogP contribution >= 0.6 is 0 Å². The first-order chi connectivity index (χ1) is 10.2. The molecule has 2 aliphatic heterocycles. The molecule has 0 radical (unpaired) electrons. The summed E-state index contributed by atoms with van der Waals surface area (Å²) in [5.74, 6) is -0.0936. The highest BCUT2D eigenvalue weighted by atomic mass is 16.5. The number of carbonyl (C=O) groups excluding carboxylic acids is 1. The van der Waals surface area contributed by atoms with Crippen LogP contribution in [0.15, 0.2) is 0 Å². The van der Waals surface area contributed by atoms with Crippen LogP contribution in [0.2, 0.25) is 0 Å². The number of aliphatic hydroxyl groups excluding tert-OH is 1. The molecule has 0 aromatic heterocycles. The topological polar surface area (TPSA) is 53.0 Å². The third-order valence-electron chi connectivity index (χ3n) is 4.86. The lowest BCUT2D eigenvalue weighted by atomic mass is 10.1. The van der Waals surface area contributed by atoms with E-state index in [1.807, 2.05) is 13.8 Å². The van der Waals surface area contributed by atoms with E-state index >= 15 is 0 Å². The first-order valence-corrected chi connectivity index (χ1v) is 8.44. The van der Waals surface area contributed by atoms with Gasteiger partial charge < -0.3 is 9.84 Å². The molecule has 2 rings (SSSR count). The van der Waals surface area contributed by atoms with E-state index in [0.717, 1.165) is 45.3 Å². The molecular formula is C16H30N2O3. The molecule has 1 N–H and O–H groups in total. The Bertz CT molecular complexity index is 337. The van der Waals surface area contributed by atoms with Crippen LogP contribution in [0, 0.1) is 0 Å². The molecule has 3 unspecified atom stereocenters. The molecule has 0 amide bonds. The Morgan fingerprint density at radius 2 is 2.00 bits per heavy atom. The zero-order valence-corrected chi connectivity index (χ0v) is 13.5. The zero-order valence-electron chi connectivity index (χ0n) is 13.5. The van der Waals surface area contributed by atoms with Crippen LogP contribution in [0.3, 0.4) is 0 Å². The molecule has 0 spiro atoms. The maximum Gasteiger partial charge on any atom is 0.323 e. The van der Waals surface area contributed by atoms with Crippen LogP contribution in [0.5, 0.6) is 0 Å². The van der Waals surface area contributed by atoms with Gasteiger partial charge in [0, 0.05) is 18.6 Å². The summed E-state index contributed by atoms with van der Waals surface area (Å²) in [6.45, 7) is 7.76. The van der Waals surface area contributed by atoms with Crippen LogP contribution < -0.4 is 0 Å². The largest absolute Gasteiger partial charge is 0.465 e. The van der Waals surface area contributed by atoms with Crippen molar-refractivity contribution in [2.24, 2.45) is 0 Å². The molecule has 2 fully saturated rings. The standard InChI is InChI=1S/C16H30N2O3/c1-3-10-21-16(20)13(2)18-9-5-6-14(18)11-17-8-4-7-15(17)12-19/h13-15,19H,3-12H2,1-2H3.